The molecule has 3 N–H and O–H groups in total. The first-order valence-electron chi connectivity index (χ1n) is 6.59. The van der Waals surface area contributed by atoms with E-state index in [1.165, 1.54) is 7.11 Å². The molecule has 2 atom stereocenters. The Bertz CT molecular complexity index is 446. The van der Waals surface area contributed by atoms with Crippen LogP contribution in [-0.4, -0.2) is 45.8 Å². The summed E-state index contributed by atoms with van der Waals surface area (Å²) in [5, 5.41) is 18.0. The molecule has 1 aliphatic carbocycles. The van der Waals surface area contributed by atoms with Crippen LogP contribution in [0.4, 0.5) is 0 Å². The molecule has 19 heavy (non-hydrogen) atoms. The third-order valence-electron chi connectivity index (χ3n) is 3.56. The van der Waals surface area contributed by atoms with Gasteiger partial charge in [-0.2, -0.15) is 0 Å². The van der Waals surface area contributed by atoms with Crippen molar-refractivity contribution in [2.45, 2.75) is 44.2 Å². The molecule has 0 amide bonds. The van der Waals surface area contributed by atoms with Gasteiger partial charge >= 0.3 is 5.97 Å². The van der Waals surface area contributed by atoms with Crippen LogP contribution in [-0.2, 0) is 11.2 Å². The number of nitrogens with zero attached hydrogens (tertiary/aromatic N) is 3. The molecule has 2 unspecified atom stereocenters. The molecule has 106 valence electrons. The zero-order valence-electron chi connectivity index (χ0n) is 11.1. The largest absolute Gasteiger partial charge is 0.464 e. The highest BCUT2D eigenvalue weighted by atomic mass is 16.5. The van der Waals surface area contributed by atoms with Crippen molar-refractivity contribution in [2.75, 3.05) is 13.7 Å². The van der Waals surface area contributed by atoms with Gasteiger partial charge in [0, 0.05) is 6.42 Å². The second kappa shape index (κ2) is 6.12. The number of ether oxygens (including phenoxy) is 1. The fourth-order valence-corrected chi connectivity index (χ4v) is 2.58. The van der Waals surface area contributed by atoms with Crippen molar-refractivity contribution in [1.29, 1.82) is 0 Å². The van der Waals surface area contributed by atoms with E-state index < -0.39 is 12.1 Å². The molecule has 0 aromatic carbocycles. The fraction of sp³-hybridized carbons (Fsp3) is 0.750. The smallest absolute Gasteiger partial charge is 0.360 e. The van der Waals surface area contributed by atoms with Crippen molar-refractivity contribution in [1.82, 2.24) is 15.0 Å². The first-order chi connectivity index (χ1) is 9.19. The standard InChI is InChI=1S/C12H20N4O3/c1-19-12(18)11-9(6-7-13)16(15-14-11)8-4-2-3-5-10(8)17/h8,10,17H,2-7,13H2,1H3. The monoisotopic (exact) mass is 268 g/mol. The Hall–Kier alpha value is -1.47. The highest BCUT2D eigenvalue weighted by molar-refractivity contribution is 5.88. The van der Waals surface area contributed by atoms with Crippen molar-refractivity contribution in [2.24, 2.45) is 5.73 Å². The number of carbonyl (C=O) groups is 1. The lowest BCUT2D eigenvalue weighted by molar-refractivity contribution is 0.0588. The topological polar surface area (TPSA) is 103 Å². The third-order valence-corrected chi connectivity index (χ3v) is 3.56. The van der Waals surface area contributed by atoms with Crippen molar-refractivity contribution >= 4 is 5.97 Å². The summed E-state index contributed by atoms with van der Waals surface area (Å²) in [6.07, 6.45) is 3.68. The Morgan fingerprint density at radius 2 is 2.26 bits per heavy atom. The van der Waals surface area contributed by atoms with Crippen LogP contribution in [0.5, 0.6) is 0 Å². The number of methoxy groups -OCH3 is 1. The van der Waals surface area contributed by atoms with Gasteiger partial charge in [0.1, 0.15) is 0 Å². The van der Waals surface area contributed by atoms with E-state index in [4.69, 9.17) is 10.5 Å². The van der Waals surface area contributed by atoms with Crippen LogP contribution in [0, 0.1) is 0 Å². The summed E-state index contributed by atoms with van der Waals surface area (Å²) in [4.78, 5) is 11.6. The minimum absolute atomic E-state index is 0.124. The van der Waals surface area contributed by atoms with E-state index in [1.54, 1.807) is 4.68 Å². The molecular weight excluding hydrogens is 248 g/mol. The third kappa shape index (κ3) is 2.76. The number of hydrogen-bond donors (Lipinski definition) is 2. The molecular formula is C12H20N4O3. The van der Waals surface area contributed by atoms with Crippen LogP contribution in [0.25, 0.3) is 0 Å². The summed E-state index contributed by atoms with van der Waals surface area (Å²) in [7, 11) is 1.31. The maximum atomic E-state index is 11.6. The number of aromatic nitrogens is 3. The van der Waals surface area contributed by atoms with Crippen LogP contribution < -0.4 is 5.73 Å². The maximum absolute atomic E-state index is 11.6. The summed E-state index contributed by atoms with van der Waals surface area (Å²) in [6.45, 7) is 0.389. The SMILES string of the molecule is COC(=O)c1nnn(C2CCCCC2O)c1CCN. The molecule has 0 bridgehead atoms. The summed E-state index contributed by atoms with van der Waals surface area (Å²) >= 11 is 0. The van der Waals surface area contributed by atoms with Crippen LogP contribution >= 0.6 is 0 Å². The molecule has 1 saturated carbocycles. The predicted octanol–water partition coefficient (Wildman–Crippen LogP) is 0.0419. The number of hydrogen-bond acceptors (Lipinski definition) is 6. The number of aliphatic hydroxyl groups is 1. The van der Waals surface area contributed by atoms with Gasteiger partial charge < -0.3 is 15.6 Å². The van der Waals surface area contributed by atoms with Gasteiger partial charge in [0.05, 0.1) is 24.9 Å². The van der Waals surface area contributed by atoms with Crippen LogP contribution in [0.1, 0.15) is 47.9 Å². The molecule has 0 aliphatic heterocycles. The Balaban J connectivity index is 2.33. The molecule has 0 saturated heterocycles. The molecule has 1 heterocycles. The summed E-state index contributed by atoms with van der Waals surface area (Å²) < 4.78 is 6.35. The van der Waals surface area contributed by atoms with E-state index in [0.29, 0.717) is 18.7 Å². The van der Waals surface area contributed by atoms with Crippen molar-refractivity contribution in [3.8, 4) is 0 Å². The summed E-state index contributed by atoms with van der Waals surface area (Å²) in [5.74, 6) is -0.514. The van der Waals surface area contributed by atoms with E-state index in [-0.39, 0.29) is 11.7 Å². The number of carbonyl (C=O) groups excluding carboxylic acids is 1. The second-order valence-corrected chi connectivity index (χ2v) is 4.78. The minimum Gasteiger partial charge on any atom is -0.464 e. The maximum Gasteiger partial charge on any atom is 0.360 e. The zero-order valence-corrected chi connectivity index (χ0v) is 11.1. The quantitative estimate of drug-likeness (QED) is 0.747. The van der Waals surface area contributed by atoms with Gasteiger partial charge in [-0.3, -0.25) is 0 Å². The fourth-order valence-electron chi connectivity index (χ4n) is 2.58. The molecule has 2 rings (SSSR count). The average Bonchev–Trinajstić information content (AvgIpc) is 2.82. The highest BCUT2D eigenvalue weighted by Crippen LogP contribution is 2.29. The van der Waals surface area contributed by atoms with Gasteiger partial charge in [0.15, 0.2) is 5.69 Å². The van der Waals surface area contributed by atoms with Gasteiger partial charge in [0.25, 0.3) is 0 Å². The van der Waals surface area contributed by atoms with E-state index in [9.17, 15) is 9.90 Å². The molecule has 1 aromatic rings. The minimum atomic E-state index is -0.514. The average molecular weight is 268 g/mol. The van der Waals surface area contributed by atoms with Gasteiger partial charge in [-0.1, -0.05) is 18.1 Å². The molecule has 1 aromatic heterocycles. The first kappa shape index (κ1) is 14.0. The van der Waals surface area contributed by atoms with Crippen molar-refractivity contribution in [3.63, 3.8) is 0 Å². The highest BCUT2D eigenvalue weighted by Gasteiger charge is 2.30. The van der Waals surface area contributed by atoms with Gasteiger partial charge in [-0.15, -0.1) is 5.10 Å². The molecule has 1 fully saturated rings. The van der Waals surface area contributed by atoms with Gasteiger partial charge in [-0.05, 0) is 19.4 Å². The van der Waals surface area contributed by atoms with Gasteiger partial charge in [0.2, 0.25) is 0 Å². The van der Waals surface area contributed by atoms with E-state index in [2.05, 4.69) is 10.3 Å². The number of aliphatic hydroxyl groups excluding tert-OH is 1. The lowest BCUT2D eigenvalue weighted by Gasteiger charge is -2.28. The van der Waals surface area contributed by atoms with Crippen LogP contribution in [0.15, 0.2) is 0 Å². The molecule has 7 heteroatoms. The molecule has 0 radical (unpaired) electrons. The molecule has 7 nitrogen and oxygen atoms in total. The normalized spacial score (nSPS) is 23.3. The first-order valence-corrected chi connectivity index (χ1v) is 6.59. The van der Waals surface area contributed by atoms with E-state index in [0.717, 1.165) is 25.7 Å². The number of esters is 1. The van der Waals surface area contributed by atoms with Crippen LogP contribution in [0.2, 0.25) is 0 Å². The summed E-state index contributed by atoms with van der Waals surface area (Å²) in [5.41, 5.74) is 6.43. The lowest BCUT2D eigenvalue weighted by Crippen LogP contribution is -2.30. The van der Waals surface area contributed by atoms with E-state index >= 15 is 0 Å². The Morgan fingerprint density at radius 1 is 1.53 bits per heavy atom. The van der Waals surface area contributed by atoms with Crippen LogP contribution in [0.3, 0.4) is 0 Å². The second-order valence-electron chi connectivity index (χ2n) is 4.78. The summed E-state index contributed by atoms with van der Waals surface area (Å²) in [6, 6.07) is -0.124. The zero-order chi connectivity index (χ0) is 13.8. The molecule has 1 aliphatic rings. The lowest BCUT2D eigenvalue weighted by atomic mass is 9.92. The Labute approximate surface area is 111 Å². The number of rotatable bonds is 4. The predicted molar refractivity (Wildman–Crippen MR) is 67.6 cm³/mol. The Morgan fingerprint density at radius 3 is 2.89 bits per heavy atom. The van der Waals surface area contributed by atoms with Gasteiger partial charge in [-0.25, -0.2) is 9.48 Å². The van der Waals surface area contributed by atoms with Crippen molar-refractivity contribution < 1.29 is 14.6 Å². The molecule has 0 spiro atoms. The van der Waals surface area contributed by atoms with Crippen molar-refractivity contribution in [3.05, 3.63) is 11.4 Å². The van der Waals surface area contributed by atoms with E-state index in [1.807, 2.05) is 0 Å². The Kier molecular flexibility index (Phi) is 4.49. The number of nitrogens with two attached hydrogens (primary N) is 1.